The molecule has 1 aromatic heterocycles. The molecule has 0 fully saturated rings. The fourth-order valence-electron chi connectivity index (χ4n) is 0.542. The Bertz CT molecular complexity index is 174. The van der Waals surface area contributed by atoms with E-state index in [-0.39, 0.29) is 0 Å². The molecule has 0 radical (unpaired) electrons. The first-order valence-corrected chi connectivity index (χ1v) is 2.54. The second-order valence-corrected chi connectivity index (χ2v) is 1.60. The molecule has 0 amide bonds. The highest BCUT2D eigenvalue weighted by atomic mass is 19.3. The first kappa shape index (κ1) is 6.13. The first-order chi connectivity index (χ1) is 4.30. The average molecular weight is 130 g/mol. The Morgan fingerprint density at radius 1 is 1.00 bits per heavy atom. The molecule has 1 aromatic rings. The number of pyridine rings is 1. The fourth-order valence-corrected chi connectivity index (χ4v) is 0.542. The maximum atomic E-state index is 11.7. The van der Waals surface area contributed by atoms with E-state index in [0.29, 0.717) is 0 Å². The summed E-state index contributed by atoms with van der Waals surface area (Å²) in [7, 11) is 0. The summed E-state index contributed by atoms with van der Waals surface area (Å²) in [5, 5.41) is 0. The zero-order valence-electron chi connectivity index (χ0n) is 4.67. The van der Waals surface area contributed by atoms with Crippen LogP contribution >= 0.6 is 0 Å². The molecule has 0 aliphatic heterocycles. The number of hydrogen-bond acceptors (Lipinski definition) is 0. The van der Waals surface area contributed by atoms with E-state index in [1.807, 2.05) is 0 Å². The molecule has 1 rings (SSSR count). The lowest BCUT2D eigenvalue weighted by molar-refractivity contribution is -0.773. The lowest BCUT2D eigenvalue weighted by atomic mass is 10.5. The normalized spacial score (nSPS) is 10.1. The summed E-state index contributed by atoms with van der Waals surface area (Å²) in [5.41, 5.74) is 0. The highest BCUT2D eigenvalue weighted by Crippen LogP contribution is 1.95. The lowest BCUT2D eigenvalue weighted by Crippen LogP contribution is -2.32. The zero-order chi connectivity index (χ0) is 6.69. The summed E-state index contributed by atoms with van der Waals surface area (Å²) < 4.78 is 24.3. The van der Waals surface area contributed by atoms with Crippen LogP contribution < -0.4 is 4.57 Å². The molecule has 0 saturated heterocycles. The number of alkyl halides is 2. The van der Waals surface area contributed by atoms with Crippen LogP contribution in [0, 0.1) is 0 Å². The van der Waals surface area contributed by atoms with Gasteiger partial charge in [-0.25, -0.2) is 0 Å². The summed E-state index contributed by atoms with van der Waals surface area (Å²) in [6.07, 6.45) is 2.65. The van der Waals surface area contributed by atoms with Gasteiger partial charge in [0.1, 0.15) is 0 Å². The van der Waals surface area contributed by atoms with E-state index < -0.39 is 6.55 Å². The van der Waals surface area contributed by atoms with Gasteiger partial charge in [-0.05, 0) is 0 Å². The molecule has 0 aliphatic carbocycles. The molecule has 9 heavy (non-hydrogen) atoms. The van der Waals surface area contributed by atoms with Crippen molar-refractivity contribution in [2.24, 2.45) is 0 Å². The molecule has 0 spiro atoms. The van der Waals surface area contributed by atoms with Gasteiger partial charge < -0.3 is 0 Å². The SMILES string of the molecule is FC(F)[n+]1ccccc1. The van der Waals surface area contributed by atoms with Crippen LogP contribution in [0.5, 0.6) is 0 Å². The van der Waals surface area contributed by atoms with Gasteiger partial charge in [-0.2, -0.15) is 0 Å². The van der Waals surface area contributed by atoms with Gasteiger partial charge in [0, 0.05) is 12.1 Å². The van der Waals surface area contributed by atoms with Crippen molar-refractivity contribution in [1.82, 2.24) is 0 Å². The minimum Gasteiger partial charge on any atom is -0.144 e. The van der Waals surface area contributed by atoms with Crippen LogP contribution in [0.15, 0.2) is 30.6 Å². The van der Waals surface area contributed by atoms with E-state index in [4.69, 9.17) is 0 Å². The number of nitrogens with zero attached hydrogens (tertiary/aromatic N) is 1. The largest absolute Gasteiger partial charge is 0.451 e. The quantitative estimate of drug-likeness (QED) is 0.505. The minimum atomic E-state index is -2.42. The van der Waals surface area contributed by atoms with Gasteiger partial charge >= 0.3 is 6.55 Å². The van der Waals surface area contributed by atoms with Gasteiger partial charge in [-0.1, -0.05) is 6.07 Å². The topological polar surface area (TPSA) is 3.88 Å². The fraction of sp³-hybridized carbons (Fsp3) is 0.167. The monoisotopic (exact) mass is 130 g/mol. The van der Waals surface area contributed by atoms with Crippen molar-refractivity contribution in [2.75, 3.05) is 0 Å². The average Bonchev–Trinajstić information content (AvgIpc) is 1.90. The third kappa shape index (κ3) is 1.45. The smallest absolute Gasteiger partial charge is 0.144 e. The van der Waals surface area contributed by atoms with Crippen LogP contribution in [0.1, 0.15) is 6.55 Å². The summed E-state index contributed by atoms with van der Waals surface area (Å²) in [6.45, 7) is -2.42. The molecule has 0 unspecified atom stereocenters. The summed E-state index contributed by atoms with van der Waals surface area (Å²) in [4.78, 5) is 0. The Morgan fingerprint density at radius 2 is 1.56 bits per heavy atom. The summed E-state index contributed by atoms with van der Waals surface area (Å²) >= 11 is 0. The Kier molecular flexibility index (Phi) is 1.72. The molecule has 3 heteroatoms. The standard InChI is InChI=1S/C6H6F2N/c7-6(8)9-4-2-1-3-5-9/h1-6H/q+1. The van der Waals surface area contributed by atoms with Crippen LogP contribution in [-0.4, -0.2) is 0 Å². The van der Waals surface area contributed by atoms with Crippen molar-refractivity contribution < 1.29 is 13.3 Å². The maximum Gasteiger partial charge on any atom is 0.451 e. The number of hydrogen-bond donors (Lipinski definition) is 0. The first-order valence-electron chi connectivity index (χ1n) is 2.54. The Morgan fingerprint density at radius 3 is 1.89 bits per heavy atom. The molecule has 0 aromatic carbocycles. The molecule has 1 heterocycles. The predicted octanol–water partition coefficient (Wildman–Crippen LogP) is 1.37. The molecule has 1 nitrogen and oxygen atoms in total. The lowest BCUT2D eigenvalue weighted by Gasteiger charge is -1.88. The second-order valence-electron chi connectivity index (χ2n) is 1.60. The van der Waals surface area contributed by atoms with Crippen LogP contribution in [0.3, 0.4) is 0 Å². The summed E-state index contributed by atoms with van der Waals surface area (Å²) in [6, 6.07) is 4.82. The zero-order valence-corrected chi connectivity index (χ0v) is 4.67. The van der Waals surface area contributed by atoms with E-state index in [1.54, 1.807) is 18.2 Å². The van der Waals surface area contributed by atoms with Gasteiger partial charge in [0.15, 0.2) is 12.4 Å². The number of halogens is 2. The van der Waals surface area contributed by atoms with Crippen molar-refractivity contribution in [3.63, 3.8) is 0 Å². The molecular formula is C6H6F2N+. The number of aromatic nitrogens is 1. The molecule has 48 valence electrons. The third-order valence-corrected chi connectivity index (χ3v) is 0.964. The van der Waals surface area contributed by atoms with Crippen LogP contribution in [-0.2, 0) is 0 Å². The van der Waals surface area contributed by atoms with Crippen molar-refractivity contribution in [2.45, 2.75) is 6.55 Å². The van der Waals surface area contributed by atoms with E-state index in [9.17, 15) is 8.78 Å². The van der Waals surface area contributed by atoms with E-state index in [1.165, 1.54) is 12.4 Å². The van der Waals surface area contributed by atoms with Gasteiger partial charge in [-0.3, -0.25) is 0 Å². The predicted molar refractivity (Wildman–Crippen MR) is 27.9 cm³/mol. The Hall–Kier alpha value is -0.990. The highest BCUT2D eigenvalue weighted by Gasteiger charge is 2.10. The third-order valence-electron chi connectivity index (χ3n) is 0.964. The van der Waals surface area contributed by atoms with E-state index >= 15 is 0 Å². The maximum absolute atomic E-state index is 11.7. The highest BCUT2D eigenvalue weighted by molar-refractivity contribution is 4.83. The molecular weight excluding hydrogens is 124 g/mol. The second kappa shape index (κ2) is 2.53. The summed E-state index contributed by atoms with van der Waals surface area (Å²) in [5.74, 6) is 0. The molecule has 0 atom stereocenters. The van der Waals surface area contributed by atoms with Crippen molar-refractivity contribution in [3.8, 4) is 0 Å². The van der Waals surface area contributed by atoms with Gasteiger partial charge in [0.2, 0.25) is 0 Å². The Labute approximate surface area is 51.6 Å². The van der Waals surface area contributed by atoms with Gasteiger partial charge in [-0.15, -0.1) is 13.3 Å². The molecule has 0 bridgehead atoms. The molecule has 0 N–H and O–H groups in total. The number of rotatable bonds is 1. The van der Waals surface area contributed by atoms with E-state index in [0.717, 1.165) is 4.57 Å². The van der Waals surface area contributed by atoms with Crippen LogP contribution in [0.2, 0.25) is 0 Å². The van der Waals surface area contributed by atoms with Gasteiger partial charge in [0.05, 0.1) is 0 Å². The van der Waals surface area contributed by atoms with Crippen LogP contribution in [0.4, 0.5) is 8.78 Å². The minimum absolute atomic E-state index is 0.833. The van der Waals surface area contributed by atoms with Crippen LogP contribution in [0.25, 0.3) is 0 Å². The molecule has 0 aliphatic rings. The molecule has 0 saturated carbocycles. The van der Waals surface area contributed by atoms with Crippen molar-refractivity contribution in [1.29, 1.82) is 0 Å². The van der Waals surface area contributed by atoms with E-state index in [2.05, 4.69) is 0 Å². The van der Waals surface area contributed by atoms with Gasteiger partial charge in [0.25, 0.3) is 0 Å². The van der Waals surface area contributed by atoms with Crippen molar-refractivity contribution >= 4 is 0 Å². The Balaban J connectivity index is 2.85. The van der Waals surface area contributed by atoms with Crippen molar-refractivity contribution in [3.05, 3.63) is 30.6 Å².